The molecule has 1 unspecified atom stereocenters. The van der Waals surface area contributed by atoms with Crippen molar-refractivity contribution in [3.63, 3.8) is 0 Å². The van der Waals surface area contributed by atoms with E-state index in [9.17, 15) is 5.11 Å². The van der Waals surface area contributed by atoms with E-state index in [1.165, 1.54) is 0 Å². The molecule has 5 nitrogen and oxygen atoms in total. The maximum atomic E-state index is 9.81. The molecule has 0 amide bonds. The van der Waals surface area contributed by atoms with Crippen LogP contribution < -0.4 is 10.5 Å². The van der Waals surface area contributed by atoms with Crippen LogP contribution in [-0.4, -0.2) is 43.7 Å². The summed E-state index contributed by atoms with van der Waals surface area (Å²) in [5.74, 6) is 0.590. The third kappa shape index (κ3) is 4.70. The van der Waals surface area contributed by atoms with Crippen molar-refractivity contribution in [1.29, 1.82) is 0 Å². The largest absolute Gasteiger partial charge is 0.489 e. The minimum Gasteiger partial charge on any atom is -0.489 e. The van der Waals surface area contributed by atoms with Crippen LogP contribution in [0, 0.1) is 0 Å². The first kappa shape index (κ1) is 14.1. The van der Waals surface area contributed by atoms with Gasteiger partial charge in [0.05, 0.1) is 18.4 Å². The summed E-state index contributed by atoms with van der Waals surface area (Å²) < 4.78 is 16.3. The Morgan fingerprint density at radius 3 is 2.74 bits per heavy atom. The molecule has 1 heterocycles. The van der Waals surface area contributed by atoms with Crippen molar-refractivity contribution in [3.05, 3.63) is 24.3 Å². The highest BCUT2D eigenvalue weighted by molar-refractivity contribution is 5.51. The van der Waals surface area contributed by atoms with Crippen LogP contribution in [-0.2, 0) is 9.47 Å². The molecule has 0 saturated carbocycles. The predicted molar refractivity (Wildman–Crippen MR) is 72.1 cm³/mol. The molecule has 1 aliphatic heterocycles. The number of aliphatic hydroxyl groups excluding tert-OH is 1. The van der Waals surface area contributed by atoms with Gasteiger partial charge in [0.2, 0.25) is 0 Å². The molecule has 1 aromatic carbocycles. The van der Waals surface area contributed by atoms with Gasteiger partial charge in [-0.05, 0) is 25.0 Å². The monoisotopic (exact) mass is 267 g/mol. The molecule has 2 rings (SSSR count). The van der Waals surface area contributed by atoms with Gasteiger partial charge in [0.1, 0.15) is 18.5 Å². The molecule has 1 aromatic rings. The smallest absolute Gasteiger partial charge is 0.142 e. The highest BCUT2D eigenvalue weighted by atomic mass is 16.5. The molecule has 0 spiro atoms. The lowest BCUT2D eigenvalue weighted by atomic mass is 10.1. The molecule has 3 N–H and O–H groups in total. The minimum absolute atomic E-state index is 0.178. The van der Waals surface area contributed by atoms with E-state index in [0.29, 0.717) is 11.4 Å². The van der Waals surface area contributed by atoms with Gasteiger partial charge in [-0.15, -0.1) is 0 Å². The Kier molecular flexibility index (Phi) is 5.44. The van der Waals surface area contributed by atoms with Crippen LogP contribution in [0.1, 0.15) is 12.8 Å². The lowest BCUT2D eigenvalue weighted by Crippen LogP contribution is -2.30. The van der Waals surface area contributed by atoms with Gasteiger partial charge in [0.25, 0.3) is 0 Å². The van der Waals surface area contributed by atoms with Crippen molar-refractivity contribution >= 4 is 5.69 Å². The van der Waals surface area contributed by atoms with Crippen LogP contribution in [0.15, 0.2) is 24.3 Å². The summed E-state index contributed by atoms with van der Waals surface area (Å²) in [4.78, 5) is 0. The number of ether oxygens (including phenoxy) is 3. The van der Waals surface area contributed by atoms with E-state index in [1.807, 2.05) is 12.1 Å². The summed E-state index contributed by atoms with van der Waals surface area (Å²) in [5.41, 5.74) is 6.32. The number of anilines is 1. The zero-order valence-electron chi connectivity index (χ0n) is 11.0. The number of rotatable bonds is 6. The van der Waals surface area contributed by atoms with Crippen molar-refractivity contribution in [2.24, 2.45) is 0 Å². The van der Waals surface area contributed by atoms with Gasteiger partial charge in [-0.3, -0.25) is 0 Å². The number of nitrogens with two attached hydrogens (primary N) is 1. The molecule has 0 bridgehead atoms. The molecule has 0 aromatic heterocycles. The van der Waals surface area contributed by atoms with E-state index in [1.54, 1.807) is 12.1 Å². The van der Waals surface area contributed by atoms with Gasteiger partial charge in [-0.1, -0.05) is 12.1 Å². The van der Waals surface area contributed by atoms with Gasteiger partial charge in [-0.2, -0.15) is 0 Å². The van der Waals surface area contributed by atoms with Gasteiger partial charge in [-0.25, -0.2) is 0 Å². The summed E-state index contributed by atoms with van der Waals surface area (Å²) in [6.07, 6.45) is 1.31. The maximum absolute atomic E-state index is 9.81. The first-order valence-corrected chi connectivity index (χ1v) is 6.60. The van der Waals surface area contributed by atoms with Crippen molar-refractivity contribution in [2.75, 3.05) is 32.2 Å². The number of hydrogen-bond acceptors (Lipinski definition) is 5. The minimum atomic E-state index is -0.651. The summed E-state index contributed by atoms with van der Waals surface area (Å²) in [6.45, 7) is 1.92. The molecule has 0 radical (unpaired) electrons. The summed E-state index contributed by atoms with van der Waals surface area (Å²) in [6, 6.07) is 7.23. The first-order chi connectivity index (χ1) is 9.25. The Balaban J connectivity index is 1.66. The van der Waals surface area contributed by atoms with Crippen molar-refractivity contribution in [3.8, 4) is 5.75 Å². The molecular weight excluding hydrogens is 246 g/mol. The zero-order chi connectivity index (χ0) is 13.5. The topological polar surface area (TPSA) is 73.9 Å². The Hall–Kier alpha value is -1.30. The molecule has 1 saturated heterocycles. The Morgan fingerprint density at radius 1 is 1.26 bits per heavy atom. The zero-order valence-corrected chi connectivity index (χ0v) is 11.0. The number of hydrogen-bond donors (Lipinski definition) is 2. The lowest BCUT2D eigenvalue weighted by molar-refractivity contribution is -0.0659. The highest BCUT2D eigenvalue weighted by Gasteiger charge is 2.16. The summed E-state index contributed by atoms with van der Waals surface area (Å²) in [5, 5.41) is 9.81. The molecule has 5 heteroatoms. The number of nitrogen functional groups attached to an aromatic ring is 1. The fraction of sp³-hybridized carbons (Fsp3) is 0.571. The van der Waals surface area contributed by atoms with Crippen LogP contribution >= 0.6 is 0 Å². The molecule has 1 aliphatic rings. The van der Waals surface area contributed by atoms with E-state index in [2.05, 4.69) is 0 Å². The molecule has 19 heavy (non-hydrogen) atoms. The van der Waals surface area contributed by atoms with Crippen molar-refractivity contribution < 1.29 is 19.3 Å². The van der Waals surface area contributed by atoms with E-state index in [0.717, 1.165) is 26.1 Å². The van der Waals surface area contributed by atoms with Crippen molar-refractivity contribution in [2.45, 2.75) is 25.0 Å². The Morgan fingerprint density at radius 2 is 2.00 bits per heavy atom. The average Bonchev–Trinajstić information content (AvgIpc) is 2.45. The number of aliphatic hydroxyl groups is 1. The van der Waals surface area contributed by atoms with Crippen LogP contribution in [0.3, 0.4) is 0 Å². The fourth-order valence-electron chi connectivity index (χ4n) is 1.94. The third-order valence-electron chi connectivity index (χ3n) is 3.04. The molecule has 1 atom stereocenters. The van der Waals surface area contributed by atoms with Crippen LogP contribution in [0.25, 0.3) is 0 Å². The lowest BCUT2D eigenvalue weighted by Gasteiger charge is -2.23. The van der Waals surface area contributed by atoms with E-state index < -0.39 is 6.10 Å². The van der Waals surface area contributed by atoms with Gasteiger partial charge < -0.3 is 25.1 Å². The second kappa shape index (κ2) is 7.33. The SMILES string of the molecule is Nc1ccccc1OCC(O)COC1CCOCC1. The molecule has 106 valence electrons. The van der Waals surface area contributed by atoms with Crippen LogP contribution in [0.2, 0.25) is 0 Å². The fourth-order valence-corrected chi connectivity index (χ4v) is 1.94. The van der Waals surface area contributed by atoms with Gasteiger partial charge >= 0.3 is 0 Å². The van der Waals surface area contributed by atoms with E-state index in [-0.39, 0.29) is 19.3 Å². The normalized spacial score (nSPS) is 18.2. The summed E-state index contributed by atoms with van der Waals surface area (Å²) >= 11 is 0. The Labute approximate surface area is 113 Å². The highest BCUT2D eigenvalue weighted by Crippen LogP contribution is 2.19. The third-order valence-corrected chi connectivity index (χ3v) is 3.04. The van der Waals surface area contributed by atoms with E-state index >= 15 is 0 Å². The first-order valence-electron chi connectivity index (χ1n) is 6.60. The standard InChI is InChI=1S/C14H21NO4/c15-13-3-1-2-4-14(13)19-10-11(16)9-18-12-5-7-17-8-6-12/h1-4,11-12,16H,5-10,15H2. The van der Waals surface area contributed by atoms with E-state index in [4.69, 9.17) is 19.9 Å². The average molecular weight is 267 g/mol. The molecular formula is C14H21NO4. The molecule has 0 aliphatic carbocycles. The quantitative estimate of drug-likeness (QED) is 0.758. The van der Waals surface area contributed by atoms with Crippen molar-refractivity contribution in [1.82, 2.24) is 0 Å². The maximum Gasteiger partial charge on any atom is 0.142 e. The van der Waals surface area contributed by atoms with Crippen LogP contribution in [0.5, 0.6) is 5.75 Å². The second-order valence-corrected chi connectivity index (χ2v) is 4.65. The Bertz CT molecular complexity index is 379. The van der Waals surface area contributed by atoms with Gasteiger partial charge in [0.15, 0.2) is 0 Å². The second-order valence-electron chi connectivity index (χ2n) is 4.65. The summed E-state index contributed by atoms with van der Waals surface area (Å²) in [7, 11) is 0. The van der Waals surface area contributed by atoms with Gasteiger partial charge in [0, 0.05) is 13.2 Å². The number of benzene rings is 1. The molecule has 1 fully saturated rings. The number of para-hydroxylation sites is 2. The predicted octanol–water partition coefficient (Wildman–Crippen LogP) is 1.20. The van der Waals surface area contributed by atoms with Crippen LogP contribution in [0.4, 0.5) is 5.69 Å².